The minimum atomic E-state index is -3.99. The van der Waals surface area contributed by atoms with E-state index in [1.807, 2.05) is 43.3 Å². The molecule has 3 aromatic rings. The van der Waals surface area contributed by atoms with Crippen LogP contribution in [0.3, 0.4) is 0 Å². The highest BCUT2D eigenvalue weighted by molar-refractivity contribution is 7.94. The van der Waals surface area contributed by atoms with E-state index in [-0.39, 0.29) is 11.4 Å². The van der Waals surface area contributed by atoms with Crippen LogP contribution in [0.15, 0.2) is 83.8 Å². The van der Waals surface area contributed by atoms with Crippen LogP contribution in [-0.4, -0.2) is 14.4 Å². The Morgan fingerprint density at radius 3 is 2.25 bits per heavy atom. The SMILES string of the molecule is CCc1cccc(N2C(=O)N(Cc3ccccc3)c3ccccc3S2(=O)=O)c1. The van der Waals surface area contributed by atoms with Gasteiger partial charge < -0.3 is 0 Å². The molecule has 0 aliphatic carbocycles. The summed E-state index contributed by atoms with van der Waals surface area (Å²) < 4.78 is 27.5. The van der Waals surface area contributed by atoms with E-state index in [1.54, 1.807) is 42.5 Å². The van der Waals surface area contributed by atoms with Gasteiger partial charge >= 0.3 is 6.03 Å². The van der Waals surface area contributed by atoms with E-state index in [0.717, 1.165) is 21.9 Å². The van der Waals surface area contributed by atoms with Crippen molar-refractivity contribution in [1.29, 1.82) is 0 Å². The zero-order chi connectivity index (χ0) is 19.7. The van der Waals surface area contributed by atoms with Gasteiger partial charge in [-0.25, -0.2) is 13.2 Å². The molecule has 1 aliphatic heterocycles. The predicted octanol–water partition coefficient (Wildman–Crippen LogP) is 4.58. The lowest BCUT2D eigenvalue weighted by Crippen LogP contribution is -2.50. The van der Waals surface area contributed by atoms with Crippen LogP contribution in [0.25, 0.3) is 0 Å². The zero-order valence-corrected chi connectivity index (χ0v) is 16.3. The molecule has 0 radical (unpaired) electrons. The molecular formula is C22H20N2O3S. The second kappa shape index (κ2) is 7.13. The maximum Gasteiger partial charge on any atom is 0.343 e. The standard InChI is InChI=1S/C22H20N2O3S/c1-2-17-11-8-12-19(15-17)24-22(25)23(16-18-9-4-3-5-10-18)20-13-6-7-14-21(20)28(24,26)27/h3-15H,2,16H2,1H3. The third-order valence-electron chi connectivity index (χ3n) is 4.82. The van der Waals surface area contributed by atoms with Gasteiger partial charge in [-0.05, 0) is 41.8 Å². The smallest absolute Gasteiger partial charge is 0.287 e. The molecule has 28 heavy (non-hydrogen) atoms. The molecule has 3 aromatic carbocycles. The van der Waals surface area contributed by atoms with E-state index in [1.165, 1.54) is 4.90 Å². The number of anilines is 2. The maximum absolute atomic E-state index is 13.4. The number of sulfonamides is 1. The Bertz CT molecular complexity index is 1130. The van der Waals surface area contributed by atoms with Gasteiger partial charge in [0.1, 0.15) is 4.90 Å². The molecule has 142 valence electrons. The second-order valence-electron chi connectivity index (χ2n) is 6.61. The molecule has 0 bridgehead atoms. The van der Waals surface area contributed by atoms with Gasteiger partial charge in [-0.2, -0.15) is 4.31 Å². The number of amides is 2. The molecule has 4 rings (SSSR count). The summed E-state index contributed by atoms with van der Waals surface area (Å²) in [6.07, 6.45) is 0.750. The van der Waals surface area contributed by atoms with Crippen molar-refractivity contribution in [2.45, 2.75) is 24.8 Å². The van der Waals surface area contributed by atoms with Crippen molar-refractivity contribution in [3.63, 3.8) is 0 Å². The van der Waals surface area contributed by atoms with Crippen LogP contribution in [-0.2, 0) is 23.0 Å². The van der Waals surface area contributed by atoms with Gasteiger partial charge in [-0.15, -0.1) is 0 Å². The second-order valence-corrected chi connectivity index (χ2v) is 8.37. The largest absolute Gasteiger partial charge is 0.343 e. The number of rotatable bonds is 4. The van der Waals surface area contributed by atoms with Gasteiger partial charge in [0.2, 0.25) is 0 Å². The minimum Gasteiger partial charge on any atom is -0.287 e. The van der Waals surface area contributed by atoms with Gasteiger partial charge in [0.25, 0.3) is 10.0 Å². The van der Waals surface area contributed by atoms with E-state index in [2.05, 4.69) is 0 Å². The van der Waals surface area contributed by atoms with Gasteiger partial charge in [0.05, 0.1) is 17.9 Å². The quantitative estimate of drug-likeness (QED) is 0.653. The van der Waals surface area contributed by atoms with Crippen molar-refractivity contribution in [2.24, 2.45) is 0 Å². The highest BCUT2D eigenvalue weighted by atomic mass is 32.2. The number of carbonyl (C=O) groups is 1. The molecule has 0 N–H and O–H groups in total. The van der Waals surface area contributed by atoms with Crippen molar-refractivity contribution in [2.75, 3.05) is 9.21 Å². The van der Waals surface area contributed by atoms with Crippen LogP contribution in [0, 0.1) is 0 Å². The van der Waals surface area contributed by atoms with Crippen molar-refractivity contribution in [3.8, 4) is 0 Å². The first-order chi connectivity index (χ1) is 13.5. The molecule has 1 aliphatic rings. The van der Waals surface area contributed by atoms with E-state index in [4.69, 9.17) is 0 Å². The first kappa shape index (κ1) is 18.3. The Morgan fingerprint density at radius 1 is 0.821 bits per heavy atom. The number of hydrogen-bond acceptors (Lipinski definition) is 3. The molecule has 0 saturated heterocycles. The third-order valence-corrected chi connectivity index (χ3v) is 6.56. The Morgan fingerprint density at radius 2 is 1.50 bits per heavy atom. The Balaban J connectivity index is 1.87. The van der Waals surface area contributed by atoms with Crippen molar-refractivity contribution >= 4 is 27.4 Å². The highest BCUT2D eigenvalue weighted by Gasteiger charge is 2.42. The molecule has 5 nitrogen and oxygen atoms in total. The van der Waals surface area contributed by atoms with E-state index < -0.39 is 16.1 Å². The number of nitrogens with zero attached hydrogens (tertiary/aromatic N) is 2. The Hall–Kier alpha value is -3.12. The molecule has 1 heterocycles. The number of fused-ring (bicyclic) bond motifs is 1. The summed E-state index contributed by atoms with van der Waals surface area (Å²) in [5.74, 6) is 0. The van der Waals surface area contributed by atoms with Crippen LogP contribution in [0.4, 0.5) is 16.2 Å². The van der Waals surface area contributed by atoms with Crippen LogP contribution < -0.4 is 9.21 Å². The normalized spacial score (nSPS) is 15.4. The summed E-state index contributed by atoms with van der Waals surface area (Å²) in [7, 11) is -3.99. The summed E-state index contributed by atoms with van der Waals surface area (Å²) >= 11 is 0. The van der Waals surface area contributed by atoms with Gasteiger partial charge in [0.15, 0.2) is 0 Å². The number of aryl methyl sites for hydroxylation is 1. The monoisotopic (exact) mass is 392 g/mol. The highest BCUT2D eigenvalue weighted by Crippen LogP contribution is 2.38. The lowest BCUT2D eigenvalue weighted by Gasteiger charge is -2.36. The average molecular weight is 392 g/mol. The molecule has 0 aromatic heterocycles. The average Bonchev–Trinajstić information content (AvgIpc) is 2.72. The molecule has 0 unspecified atom stereocenters. The van der Waals surface area contributed by atoms with Crippen LogP contribution in [0.1, 0.15) is 18.1 Å². The Kier molecular flexibility index (Phi) is 4.65. The molecular weight excluding hydrogens is 372 g/mol. The van der Waals surface area contributed by atoms with E-state index in [9.17, 15) is 13.2 Å². The van der Waals surface area contributed by atoms with Gasteiger partial charge in [0, 0.05) is 0 Å². The van der Waals surface area contributed by atoms with Gasteiger partial charge in [-0.1, -0.05) is 61.5 Å². The summed E-state index contributed by atoms with van der Waals surface area (Å²) in [5.41, 5.74) is 2.65. The van der Waals surface area contributed by atoms with Crippen molar-refractivity contribution < 1.29 is 13.2 Å². The molecule has 6 heteroatoms. The fourth-order valence-electron chi connectivity index (χ4n) is 3.38. The summed E-state index contributed by atoms with van der Waals surface area (Å²) in [6, 6.07) is 22.7. The van der Waals surface area contributed by atoms with Crippen molar-refractivity contribution in [1.82, 2.24) is 0 Å². The fraction of sp³-hybridized carbons (Fsp3) is 0.136. The first-order valence-corrected chi connectivity index (χ1v) is 10.5. The van der Waals surface area contributed by atoms with Crippen molar-refractivity contribution in [3.05, 3.63) is 90.0 Å². The Labute approximate surface area is 164 Å². The molecule has 0 saturated carbocycles. The predicted molar refractivity (Wildman–Crippen MR) is 110 cm³/mol. The number of hydrogen-bond donors (Lipinski definition) is 0. The first-order valence-electron chi connectivity index (χ1n) is 9.11. The lowest BCUT2D eigenvalue weighted by molar-refractivity contribution is 0.253. The summed E-state index contributed by atoms with van der Waals surface area (Å²) in [6.45, 7) is 2.28. The molecule has 0 fully saturated rings. The third kappa shape index (κ3) is 3.05. The maximum atomic E-state index is 13.4. The van der Waals surface area contributed by atoms with Gasteiger partial charge in [-0.3, -0.25) is 4.90 Å². The lowest BCUT2D eigenvalue weighted by atomic mass is 10.1. The topological polar surface area (TPSA) is 57.7 Å². The molecule has 0 atom stereocenters. The van der Waals surface area contributed by atoms with E-state index >= 15 is 0 Å². The molecule has 2 amide bonds. The number of para-hydroxylation sites is 1. The molecule has 0 spiro atoms. The summed E-state index contributed by atoms with van der Waals surface area (Å²) in [5, 5.41) is 0. The number of benzene rings is 3. The van der Waals surface area contributed by atoms with E-state index in [0.29, 0.717) is 11.4 Å². The van der Waals surface area contributed by atoms with Crippen LogP contribution >= 0.6 is 0 Å². The fourth-order valence-corrected chi connectivity index (χ4v) is 4.97. The summed E-state index contributed by atoms with van der Waals surface area (Å²) in [4.78, 5) is 15.0. The minimum absolute atomic E-state index is 0.132. The van der Waals surface area contributed by atoms with Crippen LogP contribution in [0.5, 0.6) is 0 Å². The number of carbonyl (C=O) groups excluding carboxylic acids is 1. The zero-order valence-electron chi connectivity index (χ0n) is 15.4. The van der Waals surface area contributed by atoms with Crippen LogP contribution in [0.2, 0.25) is 0 Å². The number of urea groups is 1.